The normalized spacial score (nSPS) is 23.2. The molecule has 2 fully saturated rings. The Morgan fingerprint density at radius 1 is 1.00 bits per heavy atom. The van der Waals surface area contributed by atoms with Crippen molar-refractivity contribution in [1.29, 1.82) is 0 Å². The first kappa shape index (κ1) is 32.2. The van der Waals surface area contributed by atoms with Crippen molar-refractivity contribution in [3.63, 3.8) is 0 Å². The highest BCUT2D eigenvalue weighted by Gasteiger charge is 2.36. The van der Waals surface area contributed by atoms with Crippen LogP contribution in [-0.4, -0.2) is 96.5 Å². The average Bonchev–Trinajstić information content (AvgIpc) is 3.54. The minimum Gasteiger partial charge on any atom is -0.490 e. The number of hydrogen-bond donors (Lipinski definition) is 1. The Labute approximate surface area is 259 Å². The van der Waals surface area contributed by atoms with E-state index in [4.69, 9.17) is 23.7 Å². The molecule has 8 heteroatoms. The Bertz CT molecular complexity index is 1090. The zero-order valence-electron chi connectivity index (χ0n) is 26.6. The van der Waals surface area contributed by atoms with Crippen molar-refractivity contribution < 1.29 is 23.7 Å². The van der Waals surface area contributed by atoms with Gasteiger partial charge in [0.2, 0.25) is 0 Å². The van der Waals surface area contributed by atoms with Crippen LogP contribution in [0.3, 0.4) is 0 Å². The van der Waals surface area contributed by atoms with E-state index in [2.05, 4.69) is 64.5 Å². The molecule has 238 valence electrons. The molecule has 2 saturated heterocycles. The van der Waals surface area contributed by atoms with Crippen molar-refractivity contribution in [3.8, 4) is 5.75 Å². The molecule has 43 heavy (non-hydrogen) atoms. The van der Waals surface area contributed by atoms with E-state index in [0.717, 1.165) is 58.1 Å². The molecule has 0 spiro atoms. The van der Waals surface area contributed by atoms with Crippen LogP contribution in [-0.2, 0) is 32.2 Å². The third-order valence-corrected chi connectivity index (χ3v) is 9.01. The predicted molar refractivity (Wildman–Crippen MR) is 171 cm³/mol. The summed E-state index contributed by atoms with van der Waals surface area (Å²) in [6.45, 7) is 15.4. The fourth-order valence-corrected chi connectivity index (χ4v) is 6.85. The number of nitrogens with one attached hydrogen (secondary N) is 1. The first-order valence-corrected chi connectivity index (χ1v) is 16.5. The summed E-state index contributed by atoms with van der Waals surface area (Å²) in [7, 11) is 1.76. The van der Waals surface area contributed by atoms with E-state index in [9.17, 15) is 0 Å². The number of hydrogen-bond acceptors (Lipinski definition) is 8. The summed E-state index contributed by atoms with van der Waals surface area (Å²) in [5, 5.41) is 3.72. The molecule has 1 N–H and O–H groups in total. The molecule has 2 aromatic carbocycles. The van der Waals surface area contributed by atoms with Gasteiger partial charge in [-0.25, -0.2) is 0 Å². The van der Waals surface area contributed by atoms with Crippen LogP contribution in [0.2, 0.25) is 0 Å². The Balaban J connectivity index is 1.26. The second-order valence-electron chi connectivity index (χ2n) is 12.3. The summed E-state index contributed by atoms with van der Waals surface area (Å²) in [6, 6.07) is 15.6. The number of piperidine rings is 1. The van der Waals surface area contributed by atoms with Gasteiger partial charge in [0.25, 0.3) is 0 Å². The predicted octanol–water partition coefficient (Wildman–Crippen LogP) is 4.85. The lowest BCUT2D eigenvalue weighted by Crippen LogP contribution is -2.50. The minimum atomic E-state index is 0.0978. The highest BCUT2D eigenvalue weighted by molar-refractivity contribution is 5.61. The van der Waals surface area contributed by atoms with Crippen LogP contribution >= 0.6 is 0 Å². The number of methoxy groups -OCH3 is 1. The minimum absolute atomic E-state index is 0.0978. The number of anilines is 1. The number of likely N-dealkylation sites (tertiary alicyclic amines) is 1. The molecule has 0 aliphatic carbocycles. The molecule has 2 aromatic rings. The summed E-state index contributed by atoms with van der Waals surface area (Å²) in [5.41, 5.74) is 4.92. The molecule has 0 amide bonds. The largest absolute Gasteiger partial charge is 0.490 e. The average molecular weight is 596 g/mol. The summed E-state index contributed by atoms with van der Waals surface area (Å²) in [6.07, 6.45) is 3.84. The lowest BCUT2D eigenvalue weighted by atomic mass is 9.78. The van der Waals surface area contributed by atoms with Crippen LogP contribution in [0.1, 0.15) is 55.7 Å². The highest BCUT2D eigenvalue weighted by Crippen LogP contribution is 2.36. The van der Waals surface area contributed by atoms with Crippen LogP contribution < -0.4 is 15.0 Å². The molecule has 8 nitrogen and oxygen atoms in total. The van der Waals surface area contributed by atoms with Gasteiger partial charge in [0.1, 0.15) is 12.4 Å². The third-order valence-electron chi connectivity index (χ3n) is 9.01. The van der Waals surface area contributed by atoms with Crippen molar-refractivity contribution in [1.82, 2.24) is 10.2 Å². The third kappa shape index (κ3) is 9.16. The van der Waals surface area contributed by atoms with Gasteiger partial charge in [-0.15, -0.1) is 0 Å². The number of benzene rings is 2. The van der Waals surface area contributed by atoms with Crippen LogP contribution in [0.15, 0.2) is 42.5 Å². The topological polar surface area (TPSA) is 64.7 Å². The molecule has 1 unspecified atom stereocenters. The number of rotatable bonds is 16. The molecule has 3 aliphatic rings. The lowest BCUT2D eigenvalue weighted by molar-refractivity contribution is -0.0107. The smallest absolute Gasteiger partial charge is 0.142 e. The van der Waals surface area contributed by atoms with Gasteiger partial charge in [0, 0.05) is 45.9 Å². The van der Waals surface area contributed by atoms with Crippen molar-refractivity contribution in [2.24, 2.45) is 5.92 Å². The molecule has 3 aliphatic heterocycles. The van der Waals surface area contributed by atoms with E-state index in [1.807, 2.05) is 6.92 Å². The molecule has 0 aromatic heterocycles. The molecule has 0 saturated carbocycles. The molecule has 5 rings (SSSR count). The maximum Gasteiger partial charge on any atom is 0.142 e. The van der Waals surface area contributed by atoms with Gasteiger partial charge in [-0.3, -0.25) is 0 Å². The summed E-state index contributed by atoms with van der Waals surface area (Å²) >= 11 is 0. The van der Waals surface area contributed by atoms with E-state index in [1.54, 1.807) is 7.11 Å². The Morgan fingerprint density at radius 2 is 1.81 bits per heavy atom. The molecule has 3 heterocycles. The quantitative estimate of drug-likeness (QED) is 0.277. The van der Waals surface area contributed by atoms with Crippen LogP contribution in [0.5, 0.6) is 5.75 Å². The van der Waals surface area contributed by atoms with Gasteiger partial charge in [-0.2, -0.15) is 0 Å². The zero-order chi connectivity index (χ0) is 29.9. The van der Waals surface area contributed by atoms with Gasteiger partial charge in [0.15, 0.2) is 0 Å². The molecule has 4 atom stereocenters. The Kier molecular flexibility index (Phi) is 12.5. The van der Waals surface area contributed by atoms with Crippen molar-refractivity contribution >= 4 is 5.69 Å². The van der Waals surface area contributed by atoms with E-state index in [0.29, 0.717) is 38.3 Å². The molecule has 0 radical (unpaired) electrons. The maximum absolute atomic E-state index is 6.80. The van der Waals surface area contributed by atoms with E-state index in [-0.39, 0.29) is 12.2 Å². The maximum atomic E-state index is 6.80. The second-order valence-corrected chi connectivity index (χ2v) is 12.3. The molecular weight excluding hydrogens is 542 g/mol. The monoisotopic (exact) mass is 595 g/mol. The summed E-state index contributed by atoms with van der Waals surface area (Å²) < 4.78 is 29.6. The van der Waals surface area contributed by atoms with Gasteiger partial charge in [0.05, 0.1) is 44.3 Å². The summed E-state index contributed by atoms with van der Waals surface area (Å²) in [4.78, 5) is 5.06. The van der Waals surface area contributed by atoms with Crippen molar-refractivity contribution in [2.75, 3.05) is 84.3 Å². The fourth-order valence-electron chi connectivity index (χ4n) is 6.85. The van der Waals surface area contributed by atoms with E-state index >= 15 is 0 Å². The van der Waals surface area contributed by atoms with Gasteiger partial charge in [-0.1, -0.05) is 30.3 Å². The van der Waals surface area contributed by atoms with E-state index in [1.165, 1.54) is 48.3 Å². The Morgan fingerprint density at radius 3 is 2.60 bits per heavy atom. The van der Waals surface area contributed by atoms with Gasteiger partial charge < -0.3 is 38.8 Å². The van der Waals surface area contributed by atoms with Crippen molar-refractivity contribution in [3.05, 3.63) is 59.2 Å². The fraction of sp³-hybridized carbons (Fsp3) is 0.657. The molecular formula is C35H53N3O5. The zero-order valence-corrected chi connectivity index (χ0v) is 26.6. The summed E-state index contributed by atoms with van der Waals surface area (Å²) in [5.74, 6) is 1.80. The highest BCUT2D eigenvalue weighted by atomic mass is 16.5. The number of nitrogens with zero attached hydrogens (tertiary/aromatic N) is 2. The van der Waals surface area contributed by atoms with Crippen LogP contribution in [0.4, 0.5) is 5.69 Å². The van der Waals surface area contributed by atoms with Crippen molar-refractivity contribution in [2.45, 2.75) is 64.4 Å². The van der Waals surface area contributed by atoms with Gasteiger partial charge >= 0.3 is 0 Å². The van der Waals surface area contributed by atoms with Crippen LogP contribution in [0.25, 0.3) is 0 Å². The number of ether oxygens (including phenoxy) is 5. The Hall–Kier alpha value is -2.20. The standard InChI is InChI=1S/C35H53N3O5/c1-4-41-27(2)24-40-25-28-8-11-30(12-9-28)35-31(23-37-14-5-6-15-37)21-36-22-34(35)43-26-29-10-13-33-32(20-29)38(17-19-42-33)16-7-18-39-3/h8-13,20,27,31,34-36H,4-7,14-19,21-26H2,1-3H3/t27?,31-,34-,35-/m0/s1. The lowest BCUT2D eigenvalue weighted by Gasteiger charge is -2.40. The van der Waals surface area contributed by atoms with Gasteiger partial charge in [-0.05, 0) is 87.5 Å². The van der Waals surface area contributed by atoms with E-state index < -0.39 is 0 Å². The molecule has 0 bridgehead atoms. The first-order chi connectivity index (χ1) is 21.1. The van der Waals surface area contributed by atoms with Crippen LogP contribution in [0, 0.1) is 5.92 Å². The SMILES string of the molecule is CCOC(C)COCc1ccc([C@H]2[C@H](CN3CCCC3)CNC[C@@H]2OCc2ccc3c(c2)N(CCCOC)CCO3)cc1. The second kappa shape index (κ2) is 16.8. The first-order valence-electron chi connectivity index (χ1n) is 16.5. The number of fused-ring (bicyclic) bond motifs is 1.